The molecule has 1 amide bonds. The van der Waals surface area contributed by atoms with Crippen LogP contribution in [0.5, 0.6) is 0 Å². The van der Waals surface area contributed by atoms with Crippen molar-refractivity contribution in [3.8, 4) is 0 Å². The van der Waals surface area contributed by atoms with E-state index in [0.717, 1.165) is 0 Å². The Morgan fingerprint density at radius 2 is 1.60 bits per heavy atom. The molecular formula is C11H21NO3. The molecule has 0 aromatic heterocycles. The van der Waals surface area contributed by atoms with Crippen LogP contribution < -0.4 is 5.32 Å². The number of carbonyl (C=O) groups is 2. The number of hydrogen-bond acceptors (Lipinski definition) is 3. The van der Waals surface area contributed by atoms with Crippen LogP contribution in [0.15, 0.2) is 0 Å². The van der Waals surface area contributed by atoms with Crippen molar-refractivity contribution in [3.63, 3.8) is 0 Å². The molecule has 0 aliphatic heterocycles. The summed E-state index contributed by atoms with van der Waals surface area (Å²) in [6.07, 6.45) is 0. The van der Waals surface area contributed by atoms with Gasteiger partial charge in [0.2, 0.25) is 5.91 Å². The molecule has 88 valence electrons. The van der Waals surface area contributed by atoms with Gasteiger partial charge in [-0.05, 0) is 27.7 Å². The van der Waals surface area contributed by atoms with Gasteiger partial charge in [0, 0.05) is 5.92 Å². The fourth-order valence-electron chi connectivity index (χ4n) is 0.829. The van der Waals surface area contributed by atoms with E-state index in [9.17, 15) is 9.59 Å². The topological polar surface area (TPSA) is 55.4 Å². The molecular weight excluding hydrogens is 194 g/mol. The van der Waals surface area contributed by atoms with Crippen LogP contribution in [0.4, 0.5) is 0 Å². The van der Waals surface area contributed by atoms with Gasteiger partial charge in [-0.3, -0.25) is 4.79 Å². The molecule has 0 aliphatic carbocycles. The van der Waals surface area contributed by atoms with E-state index >= 15 is 0 Å². The zero-order chi connectivity index (χ0) is 12.2. The average Bonchev–Trinajstić information content (AvgIpc) is 2.00. The van der Waals surface area contributed by atoms with Crippen molar-refractivity contribution >= 4 is 11.9 Å². The second kappa shape index (κ2) is 5.14. The largest absolute Gasteiger partial charge is 0.458 e. The van der Waals surface area contributed by atoms with Gasteiger partial charge in [0.05, 0.1) is 0 Å². The third kappa shape index (κ3) is 6.10. The lowest BCUT2D eigenvalue weighted by Crippen LogP contribution is -2.43. The van der Waals surface area contributed by atoms with Gasteiger partial charge < -0.3 is 10.1 Å². The molecule has 1 atom stereocenters. The molecule has 0 saturated heterocycles. The monoisotopic (exact) mass is 215 g/mol. The minimum atomic E-state index is -0.598. The first-order valence-electron chi connectivity index (χ1n) is 5.16. The minimum absolute atomic E-state index is 0.130. The van der Waals surface area contributed by atoms with Gasteiger partial charge in [0.15, 0.2) is 0 Å². The number of ether oxygens (including phenoxy) is 1. The highest BCUT2D eigenvalue weighted by Gasteiger charge is 2.23. The molecule has 0 heterocycles. The van der Waals surface area contributed by atoms with Crippen LogP contribution in [0.2, 0.25) is 0 Å². The summed E-state index contributed by atoms with van der Waals surface area (Å²) in [5.41, 5.74) is -0.520. The van der Waals surface area contributed by atoms with Gasteiger partial charge in [-0.25, -0.2) is 4.79 Å². The summed E-state index contributed by atoms with van der Waals surface area (Å²) in [4.78, 5) is 22.8. The fraction of sp³-hybridized carbons (Fsp3) is 0.818. The molecule has 0 bridgehead atoms. The zero-order valence-electron chi connectivity index (χ0n) is 10.4. The Labute approximate surface area is 91.4 Å². The van der Waals surface area contributed by atoms with Crippen molar-refractivity contribution in [2.45, 2.75) is 53.2 Å². The zero-order valence-corrected chi connectivity index (χ0v) is 10.4. The molecule has 0 rings (SSSR count). The summed E-state index contributed by atoms with van der Waals surface area (Å²) in [6.45, 7) is 10.5. The van der Waals surface area contributed by atoms with Crippen LogP contribution in [0.1, 0.15) is 41.5 Å². The van der Waals surface area contributed by atoms with Gasteiger partial charge in [-0.15, -0.1) is 0 Å². The number of rotatable bonds is 3. The van der Waals surface area contributed by atoms with E-state index < -0.39 is 17.6 Å². The third-order valence-electron chi connectivity index (χ3n) is 1.64. The molecule has 0 aliphatic rings. The minimum Gasteiger partial charge on any atom is -0.458 e. The van der Waals surface area contributed by atoms with Gasteiger partial charge in [-0.1, -0.05) is 13.8 Å². The SMILES string of the molecule is CC(C)C(=O)N[C@@H](C)C(=O)OC(C)(C)C. The van der Waals surface area contributed by atoms with E-state index in [1.54, 1.807) is 41.5 Å². The maximum absolute atomic E-state index is 11.5. The molecule has 0 radical (unpaired) electrons. The van der Waals surface area contributed by atoms with E-state index in [2.05, 4.69) is 5.32 Å². The third-order valence-corrected chi connectivity index (χ3v) is 1.64. The maximum Gasteiger partial charge on any atom is 0.328 e. The van der Waals surface area contributed by atoms with Crippen molar-refractivity contribution in [2.75, 3.05) is 0 Å². The highest BCUT2D eigenvalue weighted by atomic mass is 16.6. The Kier molecular flexibility index (Phi) is 4.78. The molecule has 0 saturated carbocycles. The summed E-state index contributed by atoms with van der Waals surface area (Å²) >= 11 is 0. The van der Waals surface area contributed by atoms with Gasteiger partial charge in [0.1, 0.15) is 11.6 Å². The first-order chi connectivity index (χ1) is 6.63. The van der Waals surface area contributed by atoms with Crippen molar-refractivity contribution in [1.29, 1.82) is 0 Å². The van der Waals surface area contributed by atoms with Crippen LogP contribution in [0, 0.1) is 5.92 Å². The summed E-state index contributed by atoms with van der Waals surface area (Å²) < 4.78 is 5.13. The Morgan fingerprint density at radius 1 is 1.13 bits per heavy atom. The maximum atomic E-state index is 11.5. The standard InChI is InChI=1S/C11H21NO3/c1-7(2)9(13)12-8(3)10(14)15-11(4,5)6/h7-8H,1-6H3,(H,12,13)/t8-/m0/s1. The van der Waals surface area contributed by atoms with Crippen molar-refractivity contribution < 1.29 is 14.3 Å². The molecule has 0 aromatic carbocycles. The first kappa shape index (κ1) is 13.9. The van der Waals surface area contributed by atoms with Gasteiger partial charge in [0.25, 0.3) is 0 Å². The average molecular weight is 215 g/mol. The highest BCUT2D eigenvalue weighted by molar-refractivity contribution is 5.85. The van der Waals surface area contributed by atoms with Crippen LogP contribution in [0.3, 0.4) is 0 Å². The lowest BCUT2D eigenvalue weighted by Gasteiger charge is -2.23. The molecule has 15 heavy (non-hydrogen) atoms. The molecule has 4 heteroatoms. The molecule has 0 spiro atoms. The summed E-state index contributed by atoms with van der Waals surface area (Å²) in [5.74, 6) is -0.681. The summed E-state index contributed by atoms with van der Waals surface area (Å²) in [6, 6.07) is -0.598. The lowest BCUT2D eigenvalue weighted by molar-refractivity contribution is -0.158. The van der Waals surface area contributed by atoms with Crippen molar-refractivity contribution in [1.82, 2.24) is 5.32 Å². The van der Waals surface area contributed by atoms with Crippen molar-refractivity contribution in [2.24, 2.45) is 5.92 Å². The highest BCUT2D eigenvalue weighted by Crippen LogP contribution is 2.08. The van der Waals surface area contributed by atoms with Crippen LogP contribution >= 0.6 is 0 Å². The molecule has 0 aromatic rings. The van der Waals surface area contributed by atoms with Crippen molar-refractivity contribution in [3.05, 3.63) is 0 Å². The number of nitrogens with one attached hydrogen (secondary N) is 1. The number of carbonyl (C=O) groups excluding carboxylic acids is 2. The molecule has 0 fully saturated rings. The van der Waals surface area contributed by atoms with Crippen LogP contribution in [-0.4, -0.2) is 23.5 Å². The van der Waals surface area contributed by atoms with E-state index in [1.807, 2.05) is 0 Å². The smallest absolute Gasteiger partial charge is 0.328 e. The second-order valence-electron chi connectivity index (χ2n) is 4.92. The lowest BCUT2D eigenvalue weighted by atomic mass is 10.1. The van der Waals surface area contributed by atoms with Crippen LogP contribution in [0.25, 0.3) is 0 Å². The normalized spacial score (nSPS) is 13.5. The Balaban J connectivity index is 4.17. The second-order valence-corrected chi connectivity index (χ2v) is 4.92. The summed E-state index contributed by atoms with van der Waals surface area (Å²) in [5, 5.41) is 2.59. The van der Waals surface area contributed by atoms with Crippen LogP contribution in [-0.2, 0) is 14.3 Å². The quantitative estimate of drug-likeness (QED) is 0.726. The Bertz CT molecular complexity index is 241. The number of hydrogen-bond donors (Lipinski definition) is 1. The first-order valence-corrected chi connectivity index (χ1v) is 5.16. The van der Waals surface area contributed by atoms with E-state index in [-0.39, 0.29) is 11.8 Å². The molecule has 0 unspecified atom stereocenters. The van der Waals surface area contributed by atoms with E-state index in [0.29, 0.717) is 0 Å². The van der Waals surface area contributed by atoms with Gasteiger partial charge >= 0.3 is 5.97 Å². The van der Waals surface area contributed by atoms with E-state index in [4.69, 9.17) is 4.74 Å². The predicted octanol–water partition coefficient (Wildman–Crippen LogP) is 1.49. The molecule has 4 nitrogen and oxygen atoms in total. The van der Waals surface area contributed by atoms with Gasteiger partial charge in [-0.2, -0.15) is 0 Å². The fourth-order valence-corrected chi connectivity index (χ4v) is 0.829. The number of esters is 1. The Morgan fingerprint density at radius 3 is 1.93 bits per heavy atom. The number of amides is 1. The predicted molar refractivity (Wildman–Crippen MR) is 58.3 cm³/mol. The Hall–Kier alpha value is -1.06. The molecule has 1 N–H and O–H groups in total. The summed E-state index contributed by atoms with van der Waals surface area (Å²) in [7, 11) is 0. The van der Waals surface area contributed by atoms with E-state index in [1.165, 1.54) is 0 Å².